The van der Waals surface area contributed by atoms with E-state index in [4.69, 9.17) is 27.5 Å². The van der Waals surface area contributed by atoms with E-state index in [0.29, 0.717) is 22.3 Å². The Kier molecular flexibility index (Phi) is 4.53. The van der Waals surface area contributed by atoms with E-state index in [9.17, 15) is 0 Å². The number of ether oxygens (including phenoxy) is 1. The Morgan fingerprint density at radius 3 is 2.43 bits per heavy atom. The van der Waals surface area contributed by atoms with Gasteiger partial charge in [0.1, 0.15) is 17.3 Å². The van der Waals surface area contributed by atoms with E-state index in [0.717, 1.165) is 16.9 Å². The lowest BCUT2D eigenvalue weighted by molar-refractivity contribution is 0.473. The number of amidine groups is 1. The van der Waals surface area contributed by atoms with Crippen molar-refractivity contribution in [3.63, 3.8) is 0 Å². The van der Waals surface area contributed by atoms with Crippen LogP contribution in [-0.2, 0) is 0 Å². The summed E-state index contributed by atoms with van der Waals surface area (Å²) in [6.45, 7) is 6.27. The van der Waals surface area contributed by atoms with Crippen LogP contribution in [0.15, 0.2) is 36.4 Å². The van der Waals surface area contributed by atoms with Crippen molar-refractivity contribution in [2.75, 3.05) is 0 Å². The summed E-state index contributed by atoms with van der Waals surface area (Å²) in [4.78, 5) is 0. The molecule has 2 aromatic rings. The number of rotatable bonds is 4. The highest BCUT2D eigenvalue weighted by Crippen LogP contribution is 2.35. The van der Waals surface area contributed by atoms with Gasteiger partial charge in [-0.25, -0.2) is 0 Å². The van der Waals surface area contributed by atoms with Gasteiger partial charge in [-0.1, -0.05) is 37.6 Å². The first-order valence-corrected chi connectivity index (χ1v) is 7.18. The Hall–Kier alpha value is -2.00. The highest BCUT2D eigenvalue weighted by atomic mass is 35.5. The van der Waals surface area contributed by atoms with E-state index in [1.807, 2.05) is 13.0 Å². The van der Waals surface area contributed by atoms with Crippen LogP contribution in [-0.4, -0.2) is 5.84 Å². The number of nitrogens with one attached hydrogen (secondary N) is 1. The number of halogens is 1. The molecular formula is C17H19ClN2O. The van der Waals surface area contributed by atoms with Gasteiger partial charge in [0.05, 0.1) is 5.02 Å². The minimum absolute atomic E-state index is 0.0122. The lowest BCUT2D eigenvalue weighted by atomic mass is 10.0. The third kappa shape index (κ3) is 3.56. The van der Waals surface area contributed by atoms with Crippen LogP contribution in [0.3, 0.4) is 0 Å². The summed E-state index contributed by atoms with van der Waals surface area (Å²) in [6.07, 6.45) is 0. The van der Waals surface area contributed by atoms with Gasteiger partial charge in [-0.2, -0.15) is 0 Å². The van der Waals surface area contributed by atoms with Crippen molar-refractivity contribution in [3.05, 3.63) is 58.1 Å². The third-order valence-corrected chi connectivity index (χ3v) is 3.55. The van der Waals surface area contributed by atoms with Crippen LogP contribution < -0.4 is 10.5 Å². The average Bonchev–Trinajstić information content (AvgIpc) is 2.40. The van der Waals surface area contributed by atoms with E-state index in [-0.39, 0.29) is 5.84 Å². The standard InChI is InChI=1S/C17H19ClN2O/c1-10(2)13-6-4-11(3)8-16(13)21-15-7-5-12(17(19)20)9-14(15)18/h4-10H,1-3H3,(H3,19,20). The molecule has 0 aliphatic rings. The van der Waals surface area contributed by atoms with Crippen molar-refractivity contribution >= 4 is 17.4 Å². The molecule has 0 amide bonds. The summed E-state index contributed by atoms with van der Waals surface area (Å²) in [5, 5.41) is 7.86. The van der Waals surface area contributed by atoms with Gasteiger partial charge >= 0.3 is 0 Å². The molecule has 0 saturated heterocycles. The number of aryl methyl sites for hydroxylation is 1. The molecule has 0 radical (unpaired) electrons. The molecule has 0 bridgehead atoms. The van der Waals surface area contributed by atoms with Gasteiger partial charge in [-0.3, -0.25) is 5.41 Å². The number of hydrogen-bond acceptors (Lipinski definition) is 2. The predicted octanol–water partition coefficient (Wildman–Crippen LogP) is 4.85. The summed E-state index contributed by atoms with van der Waals surface area (Å²) in [7, 11) is 0. The molecule has 2 rings (SSSR count). The summed E-state index contributed by atoms with van der Waals surface area (Å²) < 4.78 is 5.97. The summed E-state index contributed by atoms with van der Waals surface area (Å²) in [5.41, 5.74) is 8.30. The Balaban J connectivity index is 2.38. The zero-order valence-corrected chi connectivity index (χ0v) is 13.2. The van der Waals surface area contributed by atoms with Crippen LogP contribution in [0.25, 0.3) is 0 Å². The molecule has 3 N–H and O–H groups in total. The summed E-state index contributed by atoms with van der Waals surface area (Å²) in [5.74, 6) is 1.72. The SMILES string of the molecule is Cc1ccc(C(C)C)c(Oc2ccc(C(=N)N)cc2Cl)c1. The van der Waals surface area contributed by atoms with Crippen molar-refractivity contribution in [3.8, 4) is 11.5 Å². The third-order valence-electron chi connectivity index (χ3n) is 3.25. The molecular weight excluding hydrogens is 284 g/mol. The first-order valence-electron chi connectivity index (χ1n) is 6.81. The predicted molar refractivity (Wildman–Crippen MR) is 87.8 cm³/mol. The molecule has 0 atom stereocenters. The number of hydrogen-bond donors (Lipinski definition) is 2. The highest BCUT2D eigenvalue weighted by molar-refractivity contribution is 6.32. The molecule has 3 nitrogen and oxygen atoms in total. The Morgan fingerprint density at radius 1 is 1.14 bits per heavy atom. The van der Waals surface area contributed by atoms with Gasteiger partial charge in [0.2, 0.25) is 0 Å². The van der Waals surface area contributed by atoms with Crippen molar-refractivity contribution in [1.29, 1.82) is 5.41 Å². The molecule has 0 heterocycles. The molecule has 0 fully saturated rings. The van der Waals surface area contributed by atoms with Crippen LogP contribution in [0.1, 0.15) is 36.5 Å². The zero-order chi connectivity index (χ0) is 15.6. The normalized spacial score (nSPS) is 10.7. The lowest BCUT2D eigenvalue weighted by Gasteiger charge is -2.15. The van der Waals surface area contributed by atoms with E-state index < -0.39 is 0 Å². The fraction of sp³-hybridized carbons (Fsp3) is 0.235. The molecule has 0 aromatic heterocycles. The fourth-order valence-corrected chi connectivity index (χ4v) is 2.30. The Labute approximate surface area is 130 Å². The molecule has 0 aliphatic carbocycles. The summed E-state index contributed by atoms with van der Waals surface area (Å²) in [6, 6.07) is 11.3. The minimum atomic E-state index is -0.0122. The molecule has 0 aliphatic heterocycles. The maximum Gasteiger partial charge on any atom is 0.146 e. The van der Waals surface area contributed by atoms with Crippen molar-refractivity contribution in [2.24, 2.45) is 5.73 Å². The molecule has 0 saturated carbocycles. The topological polar surface area (TPSA) is 59.1 Å². The van der Waals surface area contributed by atoms with Gasteiger partial charge in [-0.15, -0.1) is 0 Å². The Morgan fingerprint density at radius 2 is 1.86 bits per heavy atom. The zero-order valence-electron chi connectivity index (χ0n) is 12.4. The van der Waals surface area contributed by atoms with Gasteiger partial charge in [0.15, 0.2) is 0 Å². The number of nitrogen functional groups attached to an aromatic ring is 1. The molecule has 110 valence electrons. The minimum Gasteiger partial charge on any atom is -0.455 e. The average molecular weight is 303 g/mol. The van der Waals surface area contributed by atoms with E-state index in [1.165, 1.54) is 0 Å². The van der Waals surface area contributed by atoms with Gasteiger partial charge in [-0.05, 0) is 48.2 Å². The van der Waals surface area contributed by atoms with Crippen LogP contribution in [0.4, 0.5) is 0 Å². The highest BCUT2D eigenvalue weighted by Gasteiger charge is 2.11. The van der Waals surface area contributed by atoms with Crippen LogP contribution in [0.5, 0.6) is 11.5 Å². The van der Waals surface area contributed by atoms with E-state index in [2.05, 4.69) is 26.0 Å². The molecule has 2 aromatic carbocycles. The molecule has 4 heteroatoms. The second-order valence-corrected chi connectivity index (χ2v) is 5.76. The first-order chi connectivity index (χ1) is 9.88. The number of nitrogens with two attached hydrogens (primary N) is 1. The fourth-order valence-electron chi connectivity index (χ4n) is 2.08. The summed E-state index contributed by atoms with van der Waals surface area (Å²) >= 11 is 6.22. The van der Waals surface area contributed by atoms with Crippen molar-refractivity contribution in [2.45, 2.75) is 26.7 Å². The van der Waals surface area contributed by atoms with Gasteiger partial charge in [0, 0.05) is 5.56 Å². The second kappa shape index (κ2) is 6.19. The monoisotopic (exact) mass is 302 g/mol. The lowest BCUT2D eigenvalue weighted by Crippen LogP contribution is -2.10. The van der Waals surface area contributed by atoms with Gasteiger partial charge < -0.3 is 10.5 Å². The molecule has 0 spiro atoms. The second-order valence-electron chi connectivity index (χ2n) is 5.36. The molecule has 0 unspecified atom stereocenters. The van der Waals surface area contributed by atoms with Crippen LogP contribution in [0, 0.1) is 12.3 Å². The maximum atomic E-state index is 7.42. The van der Waals surface area contributed by atoms with Crippen molar-refractivity contribution < 1.29 is 4.74 Å². The number of benzene rings is 2. The van der Waals surface area contributed by atoms with Crippen molar-refractivity contribution in [1.82, 2.24) is 0 Å². The van der Waals surface area contributed by atoms with Crippen LogP contribution >= 0.6 is 11.6 Å². The quantitative estimate of drug-likeness (QED) is 0.626. The smallest absolute Gasteiger partial charge is 0.146 e. The van der Waals surface area contributed by atoms with Gasteiger partial charge in [0.25, 0.3) is 0 Å². The molecule has 21 heavy (non-hydrogen) atoms. The van der Waals surface area contributed by atoms with E-state index >= 15 is 0 Å². The first kappa shape index (κ1) is 15.4. The Bertz CT molecular complexity index is 680. The maximum absolute atomic E-state index is 7.42. The largest absolute Gasteiger partial charge is 0.455 e. The van der Waals surface area contributed by atoms with E-state index in [1.54, 1.807) is 18.2 Å². The van der Waals surface area contributed by atoms with Crippen LogP contribution in [0.2, 0.25) is 5.02 Å².